The second-order valence-electron chi connectivity index (χ2n) is 5.34. The first-order valence-electron chi connectivity index (χ1n) is 7.65. The topological polar surface area (TPSA) is 70.2 Å². The lowest BCUT2D eigenvalue weighted by Crippen LogP contribution is -2.39. The predicted octanol–water partition coefficient (Wildman–Crippen LogP) is 2.89. The molecule has 0 atom stereocenters. The molecule has 3 amide bonds. The fraction of sp³-hybridized carbons (Fsp3) is 0.500. The average Bonchev–Trinajstić information content (AvgIpc) is 2.49. The minimum Gasteiger partial charge on any atom is -0.352 e. The summed E-state index contributed by atoms with van der Waals surface area (Å²) in [6.45, 7) is 2.42. The van der Waals surface area contributed by atoms with Crippen LogP contribution in [0.5, 0.6) is 0 Å². The van der Waals surface area contributed by atoms with Crippen LogP contribution in [-0.2, 0) is 0 Å². The van der Waals surface area contributed by atoms with E-state index in [1.807, 2.05) is 6.92 Å². The molecule has 5 heteroatoms. The highest BCUT2D eigenvalue weighted by atomic mass is 16.2. The van der Waals surface area contributed by atoms with Gasteiger partial charge in [0.05, 0.1) is 11.3 Å². The molecule has 0 bridgehead atoms. The van der Waals surface area contributed by atoms with Gasteiger partial charge in [0.1, 0.15) is 0 Å². The Balaban J connectivity index is 1.98. The number of hydrogen-bond acceptors (Lipinski definition) is 2. The number of nitrogens with one attached hydrogen (secondary N) is 3. The van der Waals surface area contributed by atoms with E-state index in [-0.39, 0.29) is 18.0 Å². The highest BCUT2D eigenvalue weighted by Gasteiger charge is 2.17. The molecule has 2 rings (SSSR count). The van der Waals surface area contributed by atoms with Crippen LogP contribution in [0.25, 0.3) is 0 Å². The van der Waals surface area contributed by atoms with Gasteiger partial charge in [-0.25, -0.2) is 4.79 Å². The van der Waals surface area contributed by atoms with Gasteiger partial charge in [0.15, 0.2) is 0 Å². The molecular weight excluding hydrogens is 266 g/mol. The van der Waals surface area contributed by atoms with E-state index in [9.17, 15) is 9.59 Å². The molecule has 0 spiro atoms. The summed E-state index contributed by atoms with van der Waals surface area (Å²) in [6.07, 6.45) is 5.65. The molecule has 1 aliphatic rings. The molecule has 0 radical (unpaired) electrons. The first-order chi connectivity index (χ1) is 10.2. The average molecular weight is 289 g/mol. The Morgan fingerprint density at radius 1 is 1.14 bits per heavy atom. The summed E-state index contributed by atoms with van der Waals surface area (Å²) in [5.74, 6) is -0.175. The fourth-order valence-electron chi connectivity index (χ4n) is 2.64. The van der Waals surface area contributed by atoms with E-state index in [0.29, 0.717) is 17.8 Å². The van der Waals surface area contributed by atoms with Crippen LogP contribution in [0.1, 0.15) is 49.4 Å². The SMILES string of the molecule is CCNC(=O)c1ccccc1NC(=O)NC1CCCCC1. The summed E-state index contributed by atoms with van der Waals surface area (Å²) in [5, 5.41) is 8.52. The van der Waals surface area contributed by atoms with E-state index in [4.69, 9.17) is 0 Å². The maximum atomic E-state index is 12.1. The summed E-state index contributed by atoms with van der Waals surface area (Å²) in [6, 6.07) is 7.05. The number of carbonyl (C=O) groups excluding carboxylic acids is 2. The third-order valence-corrected chi connectivity index (χ3v) is 3.70. The zero-order valence-corrected chi connectivity index (χ0v) is 12.4. The van der Waals surface area contributed by atoms with Gasteiger partial charge in [0.2, 0.25) is 0 Å². The van der Waals surface area contributed by atoms with Crippen LogP contribution >= 0.6 is 0 Å². The quantitative estimate of drug-likeness (QED) is 0.797. The van der Waals surface area contributed by atoms with Gasteiger partial charge in [-0.05, 0) is 31.9 Å². The maximum absolute atomic E-state index is 12.1. The summed E-state index contributed by atoms with van der Waals surface area (Å²) in [5.41, 5.74) is 1.02. The van der Waals surface area contributed by atoms with E-state index >= 15 is 0 Å². The third-order valence-electron chi connectivity index (χ3n) is 3.70. The van der Waals surface area contributed by atoms with Crippen molar-refractivity contribution in [3.63, 3.8) is 0 Å². The van der Waals surface area contributed by atoms with Crippen molar-refractivity contribution in [2.75, 3.05) is 11.9 Å². The second kappa shape index (κ2) is 7.67. The standard InChI is InChI=1S/C16H23N3O2/c1-2-17-15(20)13-10-6-7-11-14(13)19-16(21)18-12-8-4-3-5-9-12/h6-7,10-12H,2-5,8-9H2,1H3,(H,17,20)(H2,18,19,21). The monoisotopic (exact) mass is 289 g/mol. The van der Waals surface area contributed by atoms with E-state index in [1.54, 1.807) is 24.3 Å². The Bertz CT molecular complexity index is 496. The van der Waals surface area contributed by atoms with Gasteiger partial charge in [-0.1, -0.05) is 31.4 Å². The molecule has 0 aliphatic heterocycles. The minimum atomic E-state index is -0.237. The number of benzene rings is 1. The van der Waals surface area contributed by atoms with Gasteiger partial charge in [-0.15, -0.1) is 0 Å². The molecule has 1 fully saturated rings. The molecule has 1 saturated carbocycles. The molecule has 0 aromatic heterocycles. The molecule has 0 unspecified atom stereocenters. The molecular formula is C16H23N3O2. The molecule has 3 N–H and O–H groups in total. The third kappa shape index (κ3) is 4.48. The molecule has 5 nitrogen and oxygen atoms in total. The van der Waals surface area contributed by atoms with Crippen LogP contribution < -0.4 is 16.0 Å². The highest BCUT2D eigenvalue weighted by Crippen LogP contribution is 2.18. The van der Waals surface area contributed by atoms with Crippen LogP contribution in [0.15, 0.2) is 24.3 Å². The zero-order chi connectivity index (χ0) is 15.1. The van der Waals surface area contributed by atoms with E-state index in [2.05, 4.69) is 16.0 Å². The van der Waals surface area contributed by atoms with Gasteiger partial charge < -0.3 is 16.0 Å². The molecule has 0 saturated heterocycles. The second-order valence-corrected chi connectivity index (χ2v) is 5.34. The number of anilines is 1. The Kier molecular flexibility index (Phi) is 5.60. The summed E-state index contributed by atoms with van der Waals surface area (Å²) < 4.78 is 0. The van der Waals surface area contributed by atoms with Gasteiger partial charge in [0, 0.05) is 12.6 Å². The lowest BCUT2D eigenvalue weighted by Gasteiger charge is -2.23. The summed E-state index contributed by atoms with van der Waals surface area (Å²) in [4.78, 5) is 24.0. The van der Waals surface area contributed by atoms with Gasteiger partial charge in [-0.2, -0.15) is 0 Å². The van der Waals surface area contributed by atoms with Crippen LogP contribution in [0, 0.1) is 0 Å². The summed E-state index contributed by atoms with van der Waals surface area (Å²) >= 11 is 0. The minimum absolute atomic E-state index is 0.175. The van der Waals surface area contributed by atoms with Gasteiger partial charge in [-0.3, -0.25) is 4.79 Å². The zero-order valence-electron chi connectivity index (χ0n) is 12.4. The van der Waals surface area contributed by atoms with Crippen molar-refractivity contribution in [1.29, 1.82) is 0 Å². The van der Waals surface area contributed by atoms with E-state index in [1.165, 1.54) is 19.3 Å². The number of para-hydroxylation sites is 1. The van der Waals surface area contributed by atoms with Gasteiger partial charge >= 0.3 is 6.03 Å². The summed E-state index contributed by atoms with van der Waals surface area (Å²) in [7, 11) is 0. The number of amides is 3. The number of urea groups is 1. The normalized spacial score (nSPS) is 15.3. The van der Waals surface area contributed by atoms with E-state index < -0.39 is 0 Å². The molecule has 114 valence electrons. The van der Waals surface area contributed by atoms with Crippen molar-refractivity contribution in [2.45, 2.75) is 45.1 Å². The Morgan fingerprint density at radius 3 is 2.57 bits per heavy atom. The van der Waals surface area contributed by atoms with Crippen molar-refractivity contribution in [2.24, 2.45) is 0 Å². The molecule has 1 aromatic carbocycles. The molecule has 1 aromatic rings. The Hall–Kier alpha value is -2.04. The smallest absolute Gasteiger partial charge is 0.319 e. The number of carbonyl (C=O) groups is 2. The first kappa shape index (κ1) is 15.4. The fourth-order valence-corrected chi connectivity index (χ4v) is 2.64. The lowest BCUT2D eigenvalue weighted by molar-refractivity contribution is 0.0956. The van der Waals surface area contributed by atoms with Crippen LogP contribution in [0.2, 0.25) is 0 Å². The van der Waals surface area contributed by atoms with Crippen molar-refractivity contribution in [1.82, 2.24) is 10.6 Å². The Morgan fingerprint density at radius 2 is 1.86 bits per heavy atom. The largest absolute Gasteiger partial charge is 0.352 e. The highest BCUT2D eigenvalue weighted by molar-refractivity contribution is 6.03. The van der Waals surface area contributed by atoms with Crippen LogP contribution in [-0.4, -0.2) is 24.5 Å². The molecule has 21 heavy (non-hydrogen) atoms. The number of rotatable bonds is 4. The van der Waals surface area contributed by atoms with Crippen molar-refractivity contribution >= 4 is 17.6 Å². The Labute approximate surface area is 125 Å². The van der Waals surface area contributed by atoms with Crippen LogP contribution in [0.4, 0.5) is 10.5 Å². The van der Waals surface area contributed by atoms with Crippen molar-refractivity contribution < 1.29 is 9.59 Å². The first-order valence-corrected chi connectivity index (χ1v) is 7.65. The molecule has 0 heterocycles. The van der Waals surface area contributed by atoms with Crippen LogP contribution in [0.3, 0.4) is 0 Å². The number of hydrogen-bond donors (Lipinski definition) is 3. The van der Waals surface area contributed by atoms with Crippen molar-refractivity contribution in [3.05, 3.63) is 29.8 Å². The predicted molar refractivity (Wildman–Crippen MR) is 83.5 cm³/mol. The molecule has 1 aliphatic carbocycles. The van der Waals surface area contributed by atoms with Gasteiger partial charge in [0.25, 0.3) is 5.91 Å². The van der Waals surface area contributed by atoms with Crippen molar-refractivity contribution in [3.8, 4) is 0 Å². The maximum Gasteiger partial charge on any atom is 0.319 e. The lowest BCUT2D eigenvalue weighted by atomic mass is 9.96. The van der Waals surface area contributed by atoms with E-state index in [0.717, 1.165) is 12.8 Å².